The maximum atomic E-state index is 11.9. The second-order valence-corrected chi connectivity index (χ2v) is 12.3. The van der Waals surface area contributed by atoms with Gasteiger partial charge in [-0.3, -0.25) is 0 Å². The van der Waals surface area contributed by atoms with E-state index in [0.29, 0.717) is 12.2 Å². The Morgan fingerprint density at radius 2 is 1.23 bits per heavy atom. The molecule has 0 radical (unpaired) electrons. The van der Waals surface area contributed by atoms with Gasteiger partial charge in [0.1, 0.15) is 10.1 Å². The van der Waals surface area contributed by atoms with E-state index in [1.54, 1.807) is 6.07 Å². The molecule has 39 heavy (non-hydrogen) atoms. The van der Waals surface area contributed by atoms with Crippen LogP contribution in [0.15, 0.2) is 53.4 Å². The molecular formula is C32H49KN2O3S. The van der Waals surface area contributed by atoms with Crippen LogP contribution in [-0.2, 0) is 16.7 Å². The van der Waals surface area contributed by atoms with Crippen molar-refractivity contribution < 1.29 is 64.4 Å². The van der Waals surface area contributed by atoms with Gasteiger partial charge in [-0.25, -0.2) is 8.42 Å². The van der Waals surface area contributed by atoms with Crippen molar-refractivity contribution in [2.75, 3.05) is 10.2 Å². The zero-order valence-electron chi connectivity index (χ0n) is 24.5. The van der Waals surface area contributed by atoms with E-state index < -0.39 is 10.1 Å². The van der Waals surface area contributed by atoms with Crippen LogP contribution >= 0.6 is 0 Å². The molecule has 0 saturated heterocycles. The minimum atomic E-state index is -4.54. The van der Waals surface area contributed by atoms with Gasteiger partial charge in [-0.2, -0.15) is 0 Å². The summed E-state index contributed by atoms with van der Waals surface area (Å²) in [5.74, 6) is 0. The molecule has 0 aromatic heterocycles. The molecule has 1 unspecified atom stereocenters. The third-order valence-corrected chi connectivity index (χ3v) is 8.68. The van der Waals surface area contributed by atoms with Gasteiger partial charge in [-0.15, -0.1) is 0 Å². The summed E-state index contributed by atoms with van der Waals surface area (Å²) in [5.41, 5.74) is 2.42. The Balaban J connectivity index is 0.00000533. The van der Waals surface area contributed by atoms with E-state index in [0.717, 1.165) is 24.1 Å². The maximum absolute atomic E-state index is 11.9. The zero-order chi connectivity index (χ0) is 27.1. The summed E-state index contributed by atoms with van der Waals surface area (Å²) in [6, 6.07) is 15.2. The number of nitrogens with one attached hydrogen (secondary N) is 1. The number of nitrogens with zero attached hydrogens (tertiary/aromatic N) is 1. The molecule has 5 nitrogen and oxygen atoms in total. The van der Waals surface area contributed by atoms with E-state index in [1.165, 1.54) is 102 Å². The van der Waals surface area contributed by atoms with Crippen LogP contribution in [0.1, 0.15) is 122 Å². The predicted molar refractivity (Wildman–Crippen MR) is 159 cm³/mol. The van der Waals surface area contributed by atoms with Crippen molar-refractivity contribution in [3.8, 4) is 0 Å². The second-order valence-electron chi connectivity index (χ2n) is 11.0. The van der Waals surface area contributed by atoms with Crippen LogP contribution in [0, 0.1) is 0 Å². The van der Waals surface area contributed by atoms with E-state index in [4.69, 9.17) is 0 Å². The number of fused-ring (bicyclic) bond motifs is 1. The van der Waals surface area contributed by atoms with Crippen molar-refractivity contribution in [2.45, 2.75) is 134 Å². The molecule has 0 spiro atoms. The quantitative estimate of drug-likeness (QED) is 0.118. The van der Waals surface area contributed by atoms with Crippen LogP contribution in [0.2, 0.25) is 0 Å². The van der Waals surface area contributed by atoms with Gasteiger partial charge in [-0.05, 0) is 30.5 Å². The summed E-state index contributed by atoms with van der Waals surface area (Å²) in [4.78, 5) is 2.06. The molecule has 7 heteroatoms. The van der Waals surface area contributed by atoms with Gasteiger partial charge in [0.25, 0.3) is 0 Å². The SMILES string of the molecule is CCCCCCCCCCCCCCCCCCC1Nc2c(cccc2S(=O)(=O)[O-])N1Cc1ccccc1.[K+]. The van der Waals surface area contributed by atoms with Gasteiger partial charge in [-0.1, -0.05) is 140 Å². The Morgan fingerprint density at radius 1 is 0.718 bits per heavy atom. The molecule has 1 heterocycles. The first-order valence-corrected chi connectivity index (χ1v) is 16.6. The first-order chi connectivity index (χ1) is 18.5. The number of rotatable bonds is 20. The molecule has 2 aromatic carbocycles. The fourth-order valence-corrected chi connectivity index (χ4v) is 6.27. The van der Waals surface area contributed by atoms with Crippen molar-refractivity contribution in [1.82, 2.24) is 0 Å². The van der Waals surface area contributed by atoms with Gasteiger partial charge >= 0.3 is 51.4 Å². The van der Waals surface area contributed by atoms with Gasteiger partial charge in [0.2, 0.25) is 0 Å². The van der Waals surface area contributed by atoms with Crippen LogP contribution in [0.5, 0.6) is 0 Å². The number of benzene rings is 2. The second kappa shape index (κ2) is 19.7. The molecule has 1 atom stereocenters. The summed E-state index contributed by atoms with van der Waals surface area (Å²) >= 11 is 0. The smallest absolute Gasteiger partial charge is 0.744 e. The summed E-state index contributed by atoms with van der Waals surface area (Å²) in [6.07, 6.45) is 22.4. The Hall–Kier alpha value is -0.414. The van der Waals surface area contributed by atoms with E-state index in [-0.39, 0.29) is 62.4 Å². The third-order valence-electron chi connectivity index (χ3n) is 7.80. The Labute approximate surface area is 281 Å². The predicted octanol–water partition coefficient (Wildman–Crippen LogP) is 6.00. The Kier molecular flexibility index (Phi) is 17.5. The summed E-state index contributed by atoms with van der Waals surface area (Å²) in [5, 5.41) is 3.38. The zero-order valence-corrected chi connectivity index (χ0v) is 28.4. The number of anilines is 2. The molecule has 1 N–H and O–H groups in total. The van der Waals surface area contributed by atoms with Crippen molar-refractivity contribution in [2.24, 2.45) is 0 Å². The minimum Gasteiger partial charge on any atom is -0.744 e. The molecular weight excluding hydrogens is 532 g/mol. The molecule has 0 amide bonds. The van der Waals surface area contributed by atoms with Crippen LogP contribution in [0.25, 0.3) is 0 Å². The molecule has 0 bridgehead atoms. The van der Waals surface area contributed by atoms with Crippen LogP contribution in [-0.4, -0.2) is 19.1 Å². The average Bonchev–Trinajstić information content (AvgIpc) is 3.25. The monoisotopic (exact) mass is 580 g/mol. The van der Waals surface area contributed by atoms with Crippen LogP contribution < -0.4 is 61.6 Å². The van der Waals surface area contributed by atoms with E-state index in [9.17, 15) is 13.0 Å². The molecule has 212 valence electrons. The van der Waals surface area contributed by atoms with Gasteiger partial charge in [0.15, 0.2) is 0 Å². The van der Waals surface area contributed by atoms with E-state index in [2.05, 4.69) is 29.3 Å². The van der Waals surface area contributed by atoms with Crippen molar-refractivity contribution >= 4 is 21.5 Å². The number of hydrogen-bond donors (Lipinski definition) is 1. The molecule has 2 aromatic rings. The van der Waals surface area contributed by atoms with Crippen molar-refractivity contribution in [3.63, 3.8) is 0 Å². The third kappa shape index (κ3) is 12.5. The summed E-state index contributed by atoms with van der Waals surface area (Å²) in [6.45, 7) is 2.95. The normalized spacial score (nSPS) is 14.6. The topological polar surface area (TPSA) is 72.5 Å². The fourth-order valence-electron chi connectivity index (χ4n) is 5.61. The first-order valence-electron chi connectivity index (χ1n) is 15.2. The molecule has 0 saturated carbocycles. The van der Waals surface area contributed by atoms with Crippen molar-refractivity contribution in [3.05, 3.63) is 54.1 Å². The standard InChI is InChI=1S/C32H50N2O3S.K/c1-2-3-4-5-6-7-8-9-10-11-12-13-14-15-16-20-26-31-33-32-29(24-21-25-30(32)38(35,36)37)34(31)27-28-22-18-17-19-23-28;/h17-19,21-25,31,33H,2-16,20,26-27H2,1H3,(H,35,36,37);/q;+1/p-1. The number of hydrogen-bond acceptors (Lipinski definition) is 5. The average molecular weight is 581 g/mol. The van der Waals surface area contributed by atoms with Crippen LogP contribution in [0.4, 0.5) is 11.4 Å². The van der Waals surface area contributed by atoms with Crippen molar-refractivity contribution in [1.29, 1.82) is 0 Å². The molecule has 0 fully saturated rings. The molecule has 3 rings (SSSR count). The summed E-state index contributed by atoms with van der Waals surface area (Å²) < 4.78 is 35.6. The minimum absolute atomic E-state index is 0. The molecule has 1 aliphatic rings. The van der Waals surface area contributed by atoms with Gasteiger partial charge < -0.3 is 14.8 Å². The summed E-state index contributed by atoms with van der Waals surface area (Å²) in [7, 11) is -4.54. The maximum Gasteiger partial charge on any atom is 1.00 e. The van der Waals surface area contributed by atoms with E-state index in [1.807, 2.05) is 24.3 Å². The Morgan fingerprint density at radius 3 is 1.74 bits per heavy atom. The first kappa shape index (κ1) is 34.8. The molecule has 0 aliphatic carbocycles. The fraction of sp³-hybridized carbons (Fsp3) is 0.625. The number of para-hydroxylation sites is 1. The van der Waals surface area contributed by atoms with E-state index >= 15 is 0 Å². The van der Waals surface area contributed by atoms with Gasteiger partial charge in [0.05, 0.1) is 22.4 Å². The largest absolute Gasteiger partial charge is 1.00 e. The van der Waals surface area contributed by atoms with Gasteiger partial charge in [0, 0.05) is 6.54 Å². The molecule has 1 aliphatic heterocycles. The van der Waals surface area contributed by atoms with Crippen LogP contribution in [0.3, 0.4) is 0 Å². The Bertz CT molecular complexity index is 1030. The number of unbranched alkanes of at least 4 members (excludes halogenated alkanes) is 15.